The summed E-state index contributed by atoms with van der Waals surface area (Å²) in [5.74, 6) is 0. The third kappa shape index (κ3) is 5.60. The van der Waals surface area contributed by atoms with Gasteiger partial charge >= 0.3 is 12.5 Å². The van der Waals surface area contributed by atoms with Crippen molar-refractivity contribution in [3.8, 4) is 0 Å². The minimum atomic E-state index is -1.39. The average molecular weight is 348 g/mol. The highest BCUT2D eigenvalue weighted by atomic mass is 16.8. The minimum Gasteiger partial charge on any atom is -0.329 e. The van der Waals surface area contributed by atoms with Gasteiger partial charge in [0.25, 0.3) is 0 Å². The van der Waals surface area contributed by atoms with Crippen molar-refractivity contribution in [3.05, 3.63) is 92.0 Å². The van der Waals surface area contributed by atoms with Crippen LogP contribution in [0.2, 0.25) is 0 Å². The van der Waals surface area contributed by atoms with E-state index in [0.717, 1.165) is 0 Å². The van der Waals surface area contributed by atoms with Crippen molar-refractivity contribution in [2.75, 3.05) is 13.6 Å². The molecule has 0 aromatic heterocycles. The molecule has 0 amide bonds. The van der Waals surface area contributed by atoms with Gasteiger partial charge in [-0.05, 0) is 24.3 Å². The minimum absolute atomic E-state index is 0.365. The Labute approximate surface area is 143 Å². The number of nitrogens with zero attached hydrogens (tertiary/aromatic N) is 2. The second-order valence-corrected chi connectivity index (χ2v) is 4.87. The Balaban J connectivity index is 1.81. The number of ether oxygens (including phenoxy) is 3. The number of rotatable bonds is 10. The highest BCUT2D eigenvalue weighted by molar-refractivity contribution is 5.16. The topological polar surface area (TPSA) is 114 Å². The average Bonchev–Trinajstić information content (AvgIpc) is 2.62. The van der Waals surface area contributed by atoms with Crippen molar-refractivity contribution in [1.29, 1.82) is 0 Å². The molecule has 2 aromatic rings. The maximum absolute atomic E-state index is 11.1. The lowest BCUT2D eigenvalue weighted by atomic mass is 10.2. The van der Waals surface area contributed by atoms with Gasteiger partial charge in [-0.25, -0.2) is 0 Å². The van der Waals surface area contributed by atoms with Crippen molar-refractivity contribution in [2.45, 2.75) is 12.5 Å². The zero-order chi connectivity index (χ0) is 18.1. The number of hydrogen-bond acceptors (Lipinski definition) is 7. The molecule has 0 saturated carbocycles. The van der Waals surface area contributed by atoms with Crippen molar-refractivity contribution < 1.29 is 24.1 Å². The fourth-order valence-corrected chi connectivity index (χ4v) is 2.05. The van der Waals surface area contributed by atoms with E-state index in [2.05, 4.69) is 0 Å². The normalized spacial score (nSPS) is 13.1. The molecule has 0 saturated heterocycles. The third-order valence-electron chi connectivity index (χ3n) is 3.17. The van der Waals surface area contributed by atoms with Crippen LogP contribution in [0, 0.1) is 20.2 Å². The highest BCUT2D eigenvalue weighted by Gasteiger charge is 2.25. The number of benzene rings is 2. The molecule has 0 aliphatic carbocycles. The van der Waals surface area contributed by atoms with Crippen LogP contribution in [0.25, 0.3) is 0 Å². The molecule has 0 heterocycles. The lowest BCUT2D eigenvalue weighted by Gasteiger charge is -2.13. The summed E-state index contributed by atoms with van der Waals surface area (Å²) in [5.41, 5.74) is 0.731. The summed E-state index contributed by atoms with van der Waals surface area (Å²) in [6.45, 7) is -0.889. The molecule has 0 radical (unpaired) electrons. The lowest BCUT2D eigenvalue weighted by molar-refractivity contribution is -0.595. The van der Waals surface area contributed by atoms with Gasteiger partial charge in [-0.3, -0.25) is 29.7 Å². The van der Waals surface area contributed by atoms with Crippen LogP contribution in [0.1, 0.15) is 23.6 Å². The molecule has 9 nitrogen and oxygen atoms in total. The molecule has 0 bridgehead atoms. The smallest absolute Gasteiger partial charge is 0.329 e. The largest absolute Gasteiger partial charge is 0.344 e. The Kier molecular flexibility index (Phi) is 6.96. The fraction of sp³-hybridized carbons (Fsp3) is 0.250. The van der Waals surface area contributed by atoms with Gasteiger partial charge < -0.3 is 4.74 Å². The van der Waals surface area contributed by atoms with Gasteiger partial charge in [0.15, 0.2) is 13.6 Å². The highest BCUT2D eigenvalue weighted by Crippen LogP contribution is 2.19. The molecular formula is C16H16N2O7. The zero-order valence-corrected chi connectivity index (χ0v) is 13.1. The Morgan fingerprint density at radius 3 is 1.40 bits per heavy atom. The molecular weight excluding hydrogens is 332 g/mol. The quantitative estimate of drug-likeness (QED) is 0.281. The van der Waals surface area contributed by atoms with Crippen LogP contribution >= 0.6 is 0 Å². The first-order valence-corrected chi connectivity index (χ1v) is 7.27. The summed E-state index contributed by atoms with van der Waals surface area (Å²) >= 11 is 0. The number of hydrogen-bond donors (Lipinski definition) is 0. The molecule has 2 atom stereocenters. The summed E-state index contributed by atoms with van der Waals surface area (Å²) < 4.78 is 15.1. The maximum Gasteiger partial charge on any atom is 0.344 e. The van der Waals surface area contributed by atoms with Gasteiger partial charge in [0.05, 0.1) is 21.0 Å². The van der Waals surface area contributed by atoms with Gasteiger partial charge in [0.2, 0.25) is 0 Å². The first kappa shape index (κ1) is 18.5. The van der Waals surface area contributed by atoms with Crippen molar-refractivity contribution >= 4 is 0 Å². The molecule has 0 aliphatic heterocycles. The molecule has 2 rings (SSSR count). The van der Waals surface area contributed by atoms with Gasteiger partial charge in [-0.2, -0.15) is 0 Å². The molecule has 132 valence electrons. The predicted molar refractivity (Wildman–Crippen MR) is 85.3 cm³/mol. The predicted octanol–water partition coefficient (Wildman–Crippen LogP) is 2.90. The maximum atomic E-state index is 11.1. The second-order valence-electron chi connectivity index (χ2n) is 4.87. The SMILES string of the molecule is O=[N+]([O-])C(OCOCOC(c1ccccc1)[N+](=O)[O-])c1ccccc1. The zero-order valence-electron chi connectivity index (χ0n) is 13.1. The molecule has 2 aromatic carbocycles. The van der Waals surface area contributed by atoms with Crippen LogP contribution in [0.4, 0.5) is 0 Å². The Morgan fingerprint density at radius 2 is 1.08 bits per heavy atom. The van der Waals surface area contributed by atoms with E-state index in [1.54, 1.807) is 60.7 Å². The third-order valence-corrected chi connectivity index (χ3v) is 3.17. The summed E-state index contributed by atoms with van der Waals surface area (Å²) in [6, 6.07) is 16.3. The first-order valence-electron chi connectivity index (χ1n) is 7.27. The molecule has 0 spiro atoms. The molecule has 2 unspecified atom stereocenters. The van der Waals surface area contributed by atoms with Crippen molar-refractivity contribution in [1.82, 2.24) is 0 Å². The standard InChI is InChI=1S/C16H16N2O7/c19-17(20)15(13-7-3-1-4-8-13)24-11-23-12-25-16(18(21)22)14-9-5-2-6-10-14/h1-10,15-16H,11-12H2. The van der Waals surface area contributed by atoms with E-state index in [0.29, 0.717) is 11.1 Å². The summed E-state index contributed by atoms with van der Waals surface area (Å²) in [6.07, 6.45) is -2.77. The number of nitro groups is 2. The fourth-order valence-electron chi connectivity index (χ4n) is 2.05. The van der Waals surface area contributed by atoms with Crippen LogP contribution in [0.15, 0.2) is 60.7 Å². The second kappa shape index (κ2) is 9.42. The summed E-state index contributed by atoms with van der Waals surface area (Å²) in [4.78, 5) is 20.9. The summed E-state index contributed by atoms with van der Waals surface area (Å²) in [5, 5.41) is 22.1. The van der Waals surface area contributed by atoms with Gasteiger partial charge in [0, 0.05) is 0 Å². The van der Waals surface area contributed by atoms with E-state index in [4.69, 9.17) is 14.2 Å². The van der Waals surface area contributed by atoms with Gasteiger partial charge in [0.1, 0.15) is 0 Å². The van der Waals surface area contributed by atoms with E-state index in [1.807, 2.05) is 0 Å². The van der Waals surface area contributed by atoms with Crippen LogP contribution in [-0.4, -0.2) is 23.4 Å². The van der Waals surface area contributed by atoms with Crippen LogP contribution in [0.3, 0.4) is 0 Å². The molecule has 0 fully saturated rings. The Bertz CT molecular complexity index is 622. The van der Waals surface area contributed by atoms with E-state index < -0.39 is 35.9 Å². The summed E-state index contributed by atoms with van der Waals surface area (Å²) in [7, 11) is 0. The first-order chi connectivity index (χ1) is 12.1. The molecule has 0 aliphatic rings. The van der Waals surface area contributed by atoms with E-state index in [1.165, 1.54) is 0 Å². The molecule has 0 N–H and O–H groups in total. The van der Waals surface area contributed by atoms with Crippen LogP contribution in [0.5, 0.6) is 0 Å². The van der Waals surface area contributed by atoms with Crippen LogP contribution < -0.4 is 0 Å². The lowest BCUT2D eigenvalue weighted by Crippen LogP contribution is -2.19. The Morgan fingerprint density at radius 1 is 0.720 bits per heavy atom. The van der Waals surface area contributed by atoms with Gasteiger partial charge in [-0.15, -0.1) is 0 Å². The van der Waals surface area contributed by atoms with Crippen molar-refractivity contribution in [3.63, 3.8) is 0 Å². The van der Waals surface area contributed by atoms with E-state index >= 15 is 0 Å². The van der Waals surface area contributed by atoms with Gasteiger partial charge in [-0.1, -0.05) is 36.4 Å². The van der Waals surface area contributed by atoms with E-state index in [-0.39, 0.29) is 0 Å². The van der Waals surface area contributed by atoms with Crippen LogP contribution in [-0.2, 0) is 14.2 Å². The Hall–Kier alpha value is -2.88. The monoisotopic (exact) mass is 348 g/mol. The van der Waals surface area contributed by atoms with Crippen molar-refractivity contribution in [2.24, 2.45) is 0 Å². The molecule has 9 heteroatoms. The molecule has 25 heavy (non-hydrogen) atoms. The van der Waals surface area contributed by atoms with E-state index in [9.17, 15) is 20.2 Å².